The molecule has 1 saturated carbocycles. The van der Waals surface area contributed by atoms with Crippen LogP contribution in [0.5, 0.6) is 0 Å². The van der Waals surface area contributed by atoms with Crippen LogP contribution in [0.1, 0.15) is 86.6 Å². The van der Waals surface area contributed by atoms with Gasteiger partial charge in [-0.05, 0) is 125 Å². The second kappa shape index (κ2) is 18.5. The van der Waals surface area contributed by atoms with E-state index in [0.29, 0.717) is 56.3 Å². The lowest BCUT2D eigenvalue weighted by Gasteiger charge is -2.29. The van der Waals surface area contributed by atoms with Gasteiger partial charge in [-0.3, -0.25) is 19.2 Å². The van der Waals surface area contributed by atoms with Gasteiger partial charge in [0, 0.05) is 36.7 Å². The molecule has 1 aromatic heterocycles. The van der Waals surface area contributed by atoms with Gasteiger partial charge in [-0.1, -0.05) is 30.3 Å². The van der Waals surface area contributed by atoms with E-state index in [0.717, 1.165) is 23.1 Å². The number of rotatable bonds is 12. The van der Waals surface area contributed by atoms with Gasteiger partial charge >= 0.3 is 18.2 Å². The third kappa shape index (κ3) is 11.2. The predicted octanol–water partition coefficient (Wildman–Crippen LogP) is 7.20. The van der Waals surface area contributed by atoms with E-state index in [-0.39, 0.29) is 46.8 Å². The monoisotopic (exact) mass is 867 g/mol. The number of hydrogen-bond donors (Lipinski definition) is 6. The number of amides is 5. The molecule has 13 nitrogen and oxygen atoms in total. The van der Waals surface area contributed by atoms with E-state index in [4.69, 9.17) is 4.74 Å². The highest BCUT2D eigenvalue weighted by Gasteiger charge is 2.61. The number of nitrogens with one attached hydrogen (secondary N) is 6. The van der Waals surface area contributed by atoms with Crippen molar-refractivity contribution in [3.05, 3.63) is 83.2 Å². The van der Waals surface area contributed by atoms with Crippen LogP contribution in [-0.2, 0) is 31.5 Å². The molecule has 0 radical (unpaired) electrons. The van der Waals surface area contributed by atoms with Crippen molar-refractivity contribution in [2.24, 2.45) is 11.8 Å². The molecule has 62 heavy (non-hydrogen) atoms. The molecular formula is C44H50F5N7O6. The molecule has 5 amide bonds. The summed E-state index contributed by atoms with van der Waals surface area (Å²) in [6.07, 6.45) is -2.81. The maximum absolute atomic E-state index is 14.1. The standard InChI is InChI=1S/C44H50F5N7O6/c1-24-19-29(37(58)53-33-9-6-18-50-38(33)59)14-16-31(24)28-8-5-7-26(20-28)21-35(54-36(57)27-12-10-25(11-13-27)23-51-41(61)62-42(2,3)4)39(60)52-30-15-17-32-34(22-30)56-40(55-32)43(45,46)44(47,48)49/h5,7-8,14-17,19-20,22,25,27,33,35H,6,9-13,18,21,23H2,1-4H3,(H,50,59)(H,51,61)(H,52,60)(H,53,58)(H,54,57)(H,55,56)/t25-,27-,33-,35+/m1/s1. The molecular weight excluding hydrogens is 818 g/mol. The quantitative estimate of drug-likeness (QED) is 0.0814. The lowest BCUT2D eigenvalue weighted by Crippen LogP contribution is -2.50. The highest BCUT2D eigenvalue weighted by atomic mass is 19.4. The fraction of sp³-hybridized carbons (Fsp3) is 0.455. The maximum atomic E-state index is 14.1. The minimum atomic E-state index is -5.88. The van der Waals surface area contributed by atoms with Gasteiger partial charge in [-0.25, -0.2) is 9.78 Å². The van der Waals surface area contributed by atoms with Crippen LogP contribution in [0.2, 0.25) is 0 Å². The Morgan fingerprint density at radius 1 is 0.919 bits per heavy atom. The van der Waals surface area contributed by atoms with Gasteiger partial charge in [0.25, 0.3) is 5.91 Å². The molecule has 4 aromatic rings. The number of halogens is 5. The third-order valence-corrected chi connectivity index (χ3v) is 10.9. The number of aryl methyl sites for hydroxylation is 1. The maximum Gasteiger partial charge on any atom is 0.461 e. The Labute approximate surface area is 354 Å². The number of aromatic amines is 1. The van der Waals surface area contributed by atoms with Crippen molar-refractivity contribution in [3.63, 3.8) is 0 Å². The van der Waals surface area contributed by atoms with Crippen LogP contribution in [0.4, 0.5) is 32.4 Å². The normalized spacial score (nSPS) is 18.9. The van der Waals surface area contributed by atoms with Gasteiger partial charge in [-0.2, -0.15) is 22.0 Å². The molecule has 2 aliphatic rings. The van der Waals surface area contributed by atoms with Crippen molar-refractivity contribution >= 4 is 46.4 Å². The van der Waals surface area contributed by atoms with Gasteiger partial charge in [0.05, 0.1) is 11.0 Å². The lowest BCUT2D eigenvalue weighted by molar-refractivity contribution is -0.292. The molecule has 6 N–H and O–H groups in total. The van der Waals surface area contributed by atoms with Gasteiger partial charge in [0.1, 0.15) is 17.7 Å². The number of hydrogen-bond acceptors (Lipinski definition) is 7. The van der Waals surface area contributed by atoms with Crippen molar-refractivity contribution in [3.8, 4) is 11.1 Å². The number of carbonyl (C=O) groups is 5. The van der Waals surface area contributed by atoms with Crippen LogP contribution in [0.15, 0.2) is 60.7 Å². The third-order valence-electron chi connectivity index (χ3n) is 10.9. The van der Waals surface area contributed by atoms with Crippen LogP contribution >= 0.6 is 0 Å². The number of benzene rings is 3. The topological polar surface area (TPSA) is 183 Å². The molecule has 6 rings (SSSR count). The zero-order valence-corrected chi connectivity index (χ0v) is 34.7. The highest BCUT2D eigenvalue weighted by molar-refractivity contribution is 5.99. The van der Waals surface area contributed by atoms with Gasteiger partial charge in [0.15, 0.2) is 5.82 Å². The molecule has 18 heteroatoms. The van der Waals surface area contributed by atoms with Crippen LogP contribution in [0, 0.1) is 18.8 Å². The molecule has 2 fully saturated rings. The van der Waals surface area contributed by atoms with Gasteiger partial charge in [0.2, 0.25) is 17.7 Å². The first-order valence-electron chi connectivity index (χ1n) is 20.5. The van der Waals surface area contributed by atoms with Crippen LogP contribution < -0.4 is 26.6 Å². The molecule has 1 aliphatic carbocycles. The molecule has 0 bridgehead atoms. The number of imidazole rings is 1. The van der Waals surface area contributed by atoms with Gasteiger partial charge < -0.3 is 36.3 Å². The summed E-state index contributed by atoms with van der Waals surface area (Å²) >= 11 is 0. The number of piperidine rings is 1. The Morgan fingerprint density at radius 2 is 1.66 bits per heavy atom. The Kier molecular flexibility index (Phi) is 13.6. The van der Waals surface area contributed by atoms with E-state index in [1.807, 2.05) is 24.0 Å². The summed E-state index contributed by atoms with van der Waals surface area (Å²) in [5, 5.41) is 13.9. The van der Waals surface area contributed by atoms with E-state index in [1.165, 1.54) is 18.2 Å². The summed E-state index contributed by atoms with van der Waals surface area (Å²) in [6, 6.07) is 14.4. The van der Waals surface area contributed by atoms with Gasteiger partial charge in [-0.15, -0.1) is 0 Å². The summed E-state index contributed by atoms with van der Waals surface area (Å²) in [7, 11) is 0. The molecule has 0 unspecified atom stereocenters. The van der Waals surface area contributed by atoms with E-state index in [1.54, 1.807) is 51.1 Å². The van der Waals surface area contributed by atoms with Crippen molar-refractivity contribution < 1.29 is 50.7 Å². The first kappa shape index (κ1) is 45.5. The zero-order valence-electron chi connectivity index (χ0n) is 34.7. The van der Waals surface area contributed by atoms with Crippen LogP contribution in [0.25, 0.3) is 22.2 Å². The fourth-order valence-electron chi connectivity index (χ4n) is 7.65. The number of alkyl halides is 5. The minimum Gasteiger partial charge on any atom is -0.444 e. The second-order valence-electron chi connectivity index (χ2n) is 16.9. The molecule has 1 saturated heterocycles. The predicted molar refractivity (Wildman–Crippen MR) is 220 cm³/mol. The number of H-pyrrole nitrogens is 1. The number of alkyl carbamates (subject to hydrolysis) is 1. The first-order valence-corrected chi connectivity index (χ1v) is 20.5. The summed E-state index contributed by atoms with van der Waals surface area (Å²) in [5.74, 6) is -8.78. The Morgan fingerprint density at radius 3 is 2.34 bits per heavy atom. The smallest absolute Gasteiger partial charge is 0.444 e. The van der Waals surface area contributed by atoms with E-state index >= 15 is 0 Å². The summed E-state index contributed by atoms with van der Waals surface area (Å²) < 4.78 is 72.6. The van der Waals surface area contributed by atoms with Crippen molar-refractivity contribution in [1.29, 1.82) is 0 Å². The van der Waals surface area contributed by atoms with Crippen molar-refractivity contribution in [1.82, 2.24) is 31.2 Å². The molecule has 332 valence electrons. The Hall–Kier alpha value is -6.07. The Bertz CT molecular complexity index is 2320. The Balaban J connectivity index is 1.18. The van der Waals surface area contributed by atoms with Crippen LogP contribution in [-0.4, -0.2) is 76.6 Å². The van der Waals surface area contributed by atoms with E-state index in [9.17, 15) is 45.9 Å². The van der Waals surface area contributed by atoms with E-state index in [2.05, 4.69) is 31.6 Å². The van der Waals surface area contributed by atoms with E-state index < -0.39 is 53.5 Å². The van der Waals surface area contributed by atoms with Crippen molar-refractivity contribution in [2.45, 2.75) is 102 Å². The number of fused-ring (bicyclic) bond motifs is 1. The summed E-state index contributed by atoms with van der Waals surface area (Å²) in [4.78, 5) is 70.6. The highest BCUT2D eigenvalue weighted by Crippen LogP contribution is 2.43. The number of anilines is 1. The number of aromatic nitrogens is 2. The average molecular weight is 868 g/mol. The number of nitrogens with zero attached hydrogens (tertiary/aromatic N) is 1. The molecule has 1 aliphatic heterocycles. The fourth-order valence-corrected chi connectivity index (χ4v) is 7.65. The summed E-state index contributed by atoms with van der Waals surface area (Å²) in [6.45, 7) is 8.10. The first-order chi connectivity index (χ1) is 29.2. The largest absolute Gasteiger partial charge is 0.461 e. The second-order valence-corrected chi connectivity index (χ2v) is 16.9. The molecule has 2 heterocycles. The molecule has 3 aromatic carbocycles. The molecule has 0 spiro atoms. The SMILES string of the molecule is Cc1cc(C(=O)N[C@@H]2CCCNC2=O)ccc1-c1cccc(C[C@H](NC(=O)[C@H]2CC[C@H](CNC(=O)OC(C)(C)C)CC2)C(=O)Nc2ccc3nc(C(F)(F)C(F)(F)F)[nH]c3c2)c1. The number of ether oxygens (including phenoxy) is 1. The minimum absolute atomic E-state index is 0.0117. The van der Waals surface area contributed by atoms with Crippen LogP contribution in [0.3, 0.4) is 0 Å². The average Bonchev–Trinajstić information content (AvgIpc) is 3.64. The molecule has 2 atom stereocenters. The number of carbonyl (C=O) groups excluding carboxylic acids is 5. The zero-order chi connectivity index (χ0) is 45.0. The lowest BCUT2D eigenvalue weighted by atomic mass is 9.81. The van der Waals surface area contributed by atoms with Crippen molar-refractivity contribution in [2.75, 3.05) is 18.4 Å². The summed E-state index contributed by atoms with van der Waals surface area (Å²) in [5.41, 5.74) is 2.43.